The molecule has 0 spiro atoms. The normalized spacial score (nSPS) is 18.2. The summed E-state index contributed by atoms with van der Waals surface area (Å²) in [7, 11) is 0. The first-order valence-corrected chi connectivity index (χ1v) is 6.94. The number of H-pyrrole nitrogens is 2. The molecule has 1 aliphatic heterocycles. The number of pyridine rings is 1. The Hall–Kier alpha value is -2.71. The van der Waals surface area contributed by atoms with E-state index >= 15 is 0 Å². The summed E-state index contributed by atoms with van der Waals surface area (Å²) in [6, 6.07) is 2.33. The lowest BCUT2D eigenvalue weighted by molar-refractivity contribution is 0.191. The van der Waals surface area contributed by atoms with Crippen molar-refractivity contribution >= 4 is 11.8 Å². The van der Waals surface area contributed by atoms with Crippen LogP contribution >= 0.6 is 0 Å². The fraction of sp³-hybridized carbons (Fsp3) is 0.385. The Morgan fingerprint density at radius 3 is 3.00 bits per heavy atom. The Morgan fingerprint density at radius 1 is 1.45 bits per heavy atom. The molecule has 0 radical (unpaired) electrons. The minimum atomic E-state index is -0.460. The molecule has 0 bridgehead atoms. The molecule has 8 nitrogen and oxygen atoms in total. The van der Waals surface area contributed by atoms with Gasteiger partial charge in [-0.15, -0.1) is 0 Å². The summed E-state index contributed by atoms with van der Waals surface area (Å²) >= 11 is 0. The zero-order valence-corrected chi connectivity index (χ0v) is 11.7. The molecule has 22 heavy (non-hydrogen) atoms. The molecule has 1 fully saturated rings. The average Bonchev–Trinajstić information content (AvgIpc) is 2.96. The number of urea groups is 1. The summed E-state index contributed by atoms with van der Waals surface area (Å²) < 4.78 is 12.8. The molecule has 116 valence electrons. The van der Waals surface area contributed by atoms with Gasteiger partial charge in [0, 0.05) is 19.0 Å². The maximum atomic E-state index is 12.8. The first kappa shape index (κ1) is 14.2. The van der Waals surface area contributed by atoms with Gasteiger partial charge in [-0.1, -0.05) is 0 Å². The summed E-state index contributed by atoms with van der Waals surface area (Å²) in [6.45, 7) is 1.06. The number of anilines is 1. The maximum absolute atomic E-state index is 12.8. The fourth-order valence-corrected chi connectivity index (χ4v) is 2.50. The molecule has 0 aliphatic carbocycles. The molecule has 0 saturated carbocycles. The summed E-state index contributed by atoms with van der Waals surface area (Å²) in [5, 5.41) is 8.88. The molecule has 0 aromatic carbocycles. The van der Waals surface area contributed by atoms with E-state index in [-0.39, 0.29) is 17.6 Å². The second kappa shape index (κ2) is 5.96. The van der Waals surface area contributed by atoms with E-state index in [0.717, 1.165) is 19.0 Å². The van der Waals surface area contributed by atoms with Crippen LogP contribution in [0.1, 0.15) is 24.6 Å². The van der Waals surface area contributed by atoms with E-state index in [1.807, 2.05) is 0 Å². The van der Waals surface area contributed by atoms with E-state index in [2.05, 4.69) is 25.5 Å². The van der Waals surface area contributed by atoms with Gasteiger partial charge in [0.15, 0.2) is 0 Å². The Bertz CT molecular complexity index is 710. The van der Waals surface area contributed by atoms with Gasteiger partial charge in [0.2, 0.25) is 0 Å². The molecule has 2 amide bonds. The van der Waals surface area contributed by atoms with Crippen molar-refractivity contribution in [1.29, 1.82) is 0 Å². The number of hydrogen-bond acceptors (Lipinski definition) is 4. The van der Waals surface area contributed by atoms with Crippen LogP contribution in [0.3, 0.4) is 0 Å². The van der Waals surface area contributed by atoms with Gasteiger partial charge in [-0.05, 0) is 25.0 Å². The summed E-state index contributed by atoms with van der Waals surface area (Å²) in [4.78, 5) is 31.4. The number of carbonyl (C=O) groups is 1. The van der Waals surface area contributed by atoms with Crippen molar-refractivity contribution in [2.45, 2.75) is 18.8 Å². The Kier molecular flexibility index (Phi) is 3.86. The van der Waals surface area contributed by atoms with Crippen LogP contribution in [0.2, 0.25) is 0 Å². The molecule has 1 aliphatic rings. The van der Waals surface area contributed by atoms with Crippen molar-refractivity contribution in [3.05, 3.63) is 40.5 Å². The van der Waals surface area contributed by atoms with Gasteiger partial charge in [0.05, 0.1) is 6.20 Å². The summed E-state index contributed by atoms with van der Waals surface area (Å²) in [5.74, 6) is 0.377. The first-order chi connectivity index (χ1) is 10.6. The van der Waals surface area contributed by atoms with Crippen molar-refractivity contribution in [3.8, 4) is 0 Å². The molecular weight excluding hydrogens is 291 g/mol. The minimum Gasteiger partial charge on any atom is -0.324 e. The summed E-state index contributed by atoms with van der Waals surface area (Å²) in [6.07, 6.45) is 2.70. The molecule has 2 aromatic rings. The standard InChI is InChI=1S/C13H15FN6O2/c14-9-3-4-10(15-6-9)16-13(22)20-5-1-2-8(7-20)11-17-12(21)19-18-11/h3-4,6,8H,1-2,5,7H2,(H,15,16,22)(H2,17,18,19,21)/t8-/m0/s1. The van der Waals surface area contributed by atoms with Crippen molar-refractivity contribution in [1.82, 2.24) is 25.1 Å². The van der Waals surface area contributed by atoms with Gasteiger partial charge in [0.1, 0.15) is 17.5 Å². The van der Waals surface area contributed by atoms with Crippen molar-refractivity contribution in [2.24, 2.45) is 0 Å². The summed E-state index contributed by atoms with van der Waals surface area (Å²) in [5.41, 5.74) is -0.355. The lowest BCUT2D eigenvalue weighted by Gasteiger charge is -2.31. The monoisotopic (exact) mass is 306 g/mol. The van der Waals surface area contributed by atoms with Gasteiger partial charge in [-0.25, -0.2) is 24.1 Å². The first-order valence-electron chi connectivity index (χ1n) is 6.94. The SMILES string of the molecule is O=C(Nc1ccc(F)cn1)N1CCC[C@H](c2n[nH]c(=O)[nH]2)C1. The van der Waals surface area contributed by atoms with Crippen LogP contribution in [0.15, 0.2) is 23.1 Å². The van der Waals surface area contributed by atoms with E-state index in [1.54, 1.807) is 4.90 Å². The van der Waals surface area contributed by atoms with E-state index in [4.69, 9.17) is 0 Å². The lowest BCUT2D eigenvalue weighted by Crippen LogP contribution is -2.42. The largest absolute Gasteiger partial charge is 0.340 e. The van der Waals surface area contributed by atoms with Crippen LogP contribution in [-0.4, -0.2) is 44.2 Å². The van der Waals surface area contributed by atoms with Crippen LogP contribution in [0.5, 0.6) is 0 Å². The number of piperidine rings is 1. The zero-order chi connectivity index (χ0) is 15.5. The second-order valence-electron chi connectivity index (χ2n) is 5.14. The van der Waals surface area contributed by atoms with Crippen molar-refractivity contribution in [2.75, 3.05) is 18.4 Å². The Balaban J connectivity index is 1.65. The van der Waals surface area contributed by atoms with Gasteiger partial charge in [-0.2, -0.15) is 5.10 Å². The number of nitrogens with zero attached hydrogens (tertiary/aromatic N) is 3. The van der Waals surface area contributed by atoms with E-state index in [1.165, 1.54) is 12.1 Å². The van der Waals surface area contributed by atoms with Crippen molar-refractivity contribution in [3.63, 3.8) is 0 Å². The third-order valence-electron chi connectivity index (χ3n) is 3.58. The molecule has 1 saturated heterocycles. The number of likely N-dealkylation sites (tertiary alicyclic amines) is 1. The smallest absolute Gasteiger partial charge is 0.324 e. The van der Waals surface area contributed by atoms with E-state index in [9.17, 15) is 14.0 Å². The predicted octanol–water partition coefficient (Wildman–Crippen LogP) is 1.04. The molecule has 1 atom stereocenters. The number of halogens is 1. The van der Waals surface area contributed by atoms with Crippen LogP contribution in [-0.2, 0) is 0 Å². The highest BCUT2D eigenvalue weighted by Gasteiger charge is 2.26. The fourth-order valence-electron chi connectivity index (χ4n) is 2.50. The molecule has 9 heteroatoms. The minimum absolute atomic E-state index is 0.0142. The Labute approximate surface area is 124 Å². The number of rotatable bonds is 2. The zero-order valence-electron chi connectivity index (χ0n) is 11.7. The van der Waals surface area contributed by atoms with Gasteiger partial charge < -0.3 is 4.90 Å². The molecule has 2 aromatic heterocycles. The molecule has 0 unspecified atom stereocenters. The molecule has 3 rings (SSSR count). The number of amides is 2. The topological polar surface area (TPSA) is 107 Å². The Morgan fingerprint density at radius 2 is 2.32 bits per heavy atom. The highest BCUT2D eigenvalue weighted by atomic mass is 19.1. The van der Waals surface area contributed by atoms with Crippen LogP contribution in [0.4, 0.5) is 15.0 Å². The van der Waals surface area contributed by atoms with Crippen LogP contribution < -0.4 is 11.0 Å². The predicted molar refractivity (Wildman–Crippen MR) is 76.0 cm³/mol. The lowest BCUT2D eigenvalue weighted by atomic mass is 9.98. The number of hydrogen-bond donors (Lipinski definition) is 3. The third-order valence-corrected chi connectivity index (χ3v) is 3.58. The van der Waals surface area contributed by atoms with Gasteiger partial charge >= 0.3 is 11.7 Å². The number of aromatic amines is 2. The third kappa shape index (κ3) is 3.13. The van der Waals surface area contributed by atoms with Crippen LogP contribution in [0.25, 0.3) is 0 Å². The maximum Gasteiger partial charge on any atom is 0.340 e. The quantitative estimate of drug-likeness (QED) is 0.770. The molecular formula is C13H15FN6O2. The van der Waals surface area contributed by atoms with E-state index in [0.29, 0.717) is 24.7 Å². The van der Waals surface area contributed by atoms with Crippen LogP contribution in [0, 0.1) is 5.82 Å². The second-order valence-corrected chi connectivity index (χ2v) is 5.14. The number of aromatic nitrogens is 4. The van der Waals surface area contributed by atoms with Gasteiger partial charge in [-0.3, -0.25) is 10.3 Å². The van der Waals surface area contributed by atoms with Crippen molar-refractivity contribution < 1.29 is 9.18 Å². The van der Waals surface area contributed by atoms with Gasteiger partial charge in [0.25, 0.3) is 0 Å². The highest BCUT2D eigenvalue weighted by Crippen LogP contribution is 2.23. The van der Waals surface area contributed by atoms with E-state index < -0.39 is 5.82 Å². The average molecular weight is 306 g/mol. The highest BCUT2D eigenvalue weighted by molar-refractivity contribution is 5.88. The molecule has 3 N–H and O–H groups in total. The molecule has 3 heterocycles. The number of carbonyl (C=O) groups excluding carboxylic acids is 1. The number of nitrogens with one attached hydrogen (secondary N) is 3.